The summed E-state index contributed by atoms with van der Waals surface area (Å²) in [5.74, 6) is 0.946. The molecule has 21 heavy (non-hydrogen) atoms. The minimum Gasteiger partial charge on any atom is -0.463 e. The third-order valence-corrected chi connectivity index (χ3v) is 4.19. The molecule has 0 fully saturated rings. The van der Waals surface area contributed by atoms with E-state index >= 15 is 0 Å². The average molecular weight is 285 g/mol. The van der Waals surface area contributed by atoms with E-state index in [0.717, 1.165) is 25.3 Å². The molecular weight excluding hydrogens is 264 g/mol. The Morgan fingerprint density at radius 1 is 1.29 bits per heavy atom. The highest BCUT2D eigenvalue weighted by atomic mass is 16.3. The molecule has 0 saturated carbocycles. The van der Waals surface area contributed by atoms with Crippen molar-refractivity contribution >= 4 is 5.91 Å². The number of hydrogen-bond donors (Lipinski definition) is 2. The number of rotatable bonds is 4. The quantitative estimate of drug-likeness (QED) is 0.883. The molecule has 2 aromatic rings. The van der Waals surface area contributed by atoms with Crippen molar-refractivity contribution in [1.82, 2.24) is 5.32 Å². The van der Waals surface area contributed by atoms with Gasteiger partial charge in [-0.25, -0.2) is 0 Å². The van der Waals surface area contributed by atoms with Crippen LogP contribution in [0.25, 0.3) is 0 Å². The van der Waals surface area contributed by atoms with E-state index in [4.69, 9.17) is 4.42 Å². The summed E-state index contributed by atoms with van der Waals surface area (Å²) < 4.78 is 5.60. The molecule has 1 aromatic carbocycles. The summed E-state index contributed by atoms with van der Waals surface area (Å²) >= 11 is 0. The maximum atomic E-state index is 11.2. The fraction of sp³-hybridized carbons (Fsp3) is 0.353. The van der Waals surface area contributed by atoms with Crippen molar-refractivity contribution in [2.24, 2.45) is 0 Å². The van der Waals surface area contributed by atoms with E-state index in [1.54, 1.807) is 13.2 Å². The van der Waals surface area contributed by atoms with E-state index in [9.17, 15) is 4.79 Å². The number of amides is 1. The van der Waals surface area contributed by atoms with Gasteiger partial charge in [-0.05, 0) is 17.7 Å². The first-order valence-corrected chi connectivity index (χ1v) is 7.43. The molecule has 110 valence electrons. The number of carbonyl (C=O) groups excluding carboxylic acids is 1. The summed E-state index contributed by atoms with van der Waals surface area (Å²) in [5, 5.41) is 2.94. The Labute approximate surface area is 124 Å². The van der Waals surface area contributed by atoms with Crippen molar-refractivity contribution in [3.05, 3.63) is 59.5 Å². The van der Waals surface area contributed by atoms with Gasteiger partial charge in [0.05, 0.1) is 19.4 Å². The van der Waals surface area contributed by atoms with Crippen LogP contribution in [0.15, 0.2) is 47.1 Å². The predicted octanol–water partition coefficient (Wildman–Crippen LogP) is 1.10. The lowest BCUT2D eigenvalue weighted by atomic mass is 9.98. The summed E-state index contributed by atoms with van der Waals surface area (Å²) in [5.41, 5.74) is 2.84. The van der Waals surface area contributed by atoms with E-state index in [1.165, 1.54) is 16.0 Å². The summed E-state index contributed by atoms with van der Waals surface area (Å²) in [6.07, 6.45) is 2.77. The molecule has 2 heterocycles. The van der Waals surface area contributed by atoms with Gasteiger partial charge in [0.1, 0.15) is 6.54 Å². The van der Waals surface area contributed by atoms with Crippen LogP contribution in [0.1, 0.15) is 29.9 Å². The van der Waals surface area contributed by atoms with E-state index in [0.29, 0.717) is 6.54 Å². The SMILES string of the molecule is CC(=O)NC[C@@H](c1ccco1)[NH+]1CCc2ccccc2C1. The minimum atomic E-state index is 0.00312. The van der Waals surface area contributed by atoms with E-state index in [2.05, 4.69) is 29.6 Å². The van der Waals surface area contributed by atoms with Gasteiger partial charge in [0.2, 0.25) is 5.91 Å². The second-order valence-electron chi connectivity index (χ2n) is 5.61. The van der Waals surface area contributed by atoms with Crippen LogP contribution in [-0.4, -0.2) is 19.0 Å². The van der Waals surface area contributed by atoms with Gasteiger partial charge < -0.3 is 14.6 Å². The Hall–Kier alpha value is -2.07. The minimum absolute atomic E-state index is 0.00312. The molecule has 1 aromatic heterocycles. The molecule has 3 rings (SSSR count). The van der Waals surface area contributed by atoms with Gasteiger partial charge in [0.25, 0.3) is 0 Å². The smallest absolute Gasteiger partial charge is 0.217 e. The second-order valence-corrected chi connectivity index (χ2v) is 5.61. The second kappa shape index (κ2) is 6.14. The van der Waals surface area contributed by atoms with Crippen molar-refractivity contribution in [3.63, 3.8) is 0 Å². The highest BCUT2D eigenvalue weighted by Gasteiger charge is 2.30. The van der Waals surface area contributed by atoms with Crippen molar-refractivity contribution in [1.29, 1.82) is 0 Å². The molecule has 1 aliphatic rings. The predicted molar refractivity (Wildman–Crippen MR) is 79.8 cm³/mol. The molecule has 0 bridgehead atoms. The lowest BCUT2D eigenvalue weighted by Gasteiger charge is -2.31. The maximum absolute atomic E-state index is 11.2. The lowest BCUT2D eigenvalue weighted by Crippen LogP contribution is -3.12. The summed E-state index contributed by atoms with van der Waals surface area (Å²) in [6.45, 7) is 4.20. The first-order chi connectivity index (χ1) is 10.2. The Bertz CT molecular complexity index is 607. The van der Waals surface area contributed by atoms with Crippen LogP contribution in [0.2, 0.25) is 0 Å². The standard InChI is InChI=1S/C17H20N2O2/c1-13(20)18-11-16(17-7-4-10-21-17)19-9-8-14-5-2-3-6-15(14)12-19/h2-7,10,16H,8-9,11-12H2,1H3,(H,18,20)/p+1/t16-/m0/s1. The van der Waals surface area contributed by atoms with Gasteiger partial charge >= 0.3 is 0 Å². The number of hydrogen-bond acceptors (Lipinski definition) is 2. The van der Waals surface area contributed by atoms with Crippen molar-refractivity contribution in [2.75, 3.05) is 13.1 Å². The largest absolute Gasteiger partial charge is 0.463 e. The molecule has 0 saturated heterocycles. The summed E-state index contributed by atoms with van der Waals surface area (Å²) in [4.78, 5) is 12.7. The van der Waals surface area contributed by atoms with Crippen LogP contribution in [0.5, 0.6) is 0 Å². The molecule has 0 radical (unpaired) electrons. The fourth-order valence-corrected chi connectivity index (χ4v) is 3.08. The molecule has 2 atom stereocenters. The van der Waals surface area contributed by atoms with Crippen LogP contribution < -0.4 is 10.2 Å². The Kier molecular flexibility index (Phi) is 4.06. The summed E-state index contributed by atoms with van der Waals surface area (Å²) in [7, 11) is 0. The highest BCUT2D eigenvalue weighted by Crippen LogP contribution is 2.15. The van der Waals surface area contributed by atoms with Gasteiger partial charge in [-0.1, -0.05) is 24.3 Å². The Morgan fingerprint density at radius 2 is 2.10 bits per heavy atom. The van der Waals surface area contributed by atoms with Crippen LogP contribution in [0.4, 0.5) is 0 Å². The van der Waals surface area contributed by atoms with E-state index < -0.39 is 0 Å². The molecule has 0 spiro atoms. The Morgan fingerprint density at radius 3 is 2.81 bits per heavy atom. The molecular formula is C17H21N2O2+. The number of nitrogens with one attached hydrogen (secondary N) is 2. The molecule has 2 N–H and O–H groups in total. The first-order valence-electron chi connectivity index (χ1n) is 7.43. The number of carbonyl (C=O) groups is 1. The van der Waals surface area contributed by atoms with Crippen molar-refractivity contribution in [2.45, 2.75) is 25.9 Å². The molecule has 1 aliphatic heterocycles. The summed E-state index contributed by atoms with van der Waals surface area (Å²) in [6, 6.07) is 12.7. The van der Waals surface area contributed by atoms with Crippen LogP contribution in [0, 0.1) is 0 Å². The van der Waals surface area contributed by atoms with Gasteiger partial charge in [0, 0.05) is 18.9 Å². The lowest BCUT2D eigenvalue weighted by molar-refractivity contribution is -0.946. The molecule has 1 amide bonds. The topological polar surface area (TPSA) is 46.7 Å². The van der Waals surface area contributed by atoms with E-state index in [-0.39, 0.29) is 11.9 Å². The van der Waals surface area contributed by atoms with Crippen LogP contribution in [-0.2, 0) is 17.8 Å². The average Bonchev–Trinajstić information content (AvgIpc) is 3.01. The van der Waals surface area contributed by atoms with Gasteiger partial charge in [-0.3, -0.25) is 4.79 Å². The normalized spacial score (nSPS) is 18.8. The third-order valence-electron chi connectivity index (χ3n) is 4.19. The Balaban J connectivity index is 1.79. The van der Waals surface area contributed by atoms with Crippen LogP contribution >= 0.6 is 0 Å². The van der Waals surface area contributed by atoms with Gasteiger partial charge in [-0.15, -0.1) is 0 Å². The first kappa shape index (κ1) is 13.9. The van der Waals surface area contributed by atoms with Crippen molar-refractivity contribution in [3.8, 4) is 0 Å². The van der Waals surface area contributed by atoms with Gasteiger partial charge in [0.15, 0.2) is 11.8 Å². The van der Waals surface area contributed by atoms with Crippen molar-refractivity contribution < 1.29 is 14.1 Å². The zero-order valence-electron chi connectivity index (χ0n) is 12.3. The fourth-order valence-electron chi connectivity index (χ4n) is 3.08. The molecule has 4 heteroatoms. The number of benzene rings is 1. The number of fused-ring (bicyclic) bond motifs is 1. The molecule has 1 unspecified atom stereocenters. The number of furan rings is 1. The zero-order valence-corrected chi connectivity index (χ0v) is 12.3. The monoisotopic (exact) mass is 285 g/mol. The third kappa shape index (κ3) is 3.16. The van der Waals surface area contributed by atoms with Crippen LogP contribution in [0.3, 0.4) is 0 Å². The molecule has 4 nitrogen and oxygen atoms in total. The molecule has 0 aliphatic carbocycles. The highest BCUT2D eigenvalue weighted by molar-refractivity contribution is 5.72. The van der Waals surface area contributed by atoms with E-state index in [1.807, 2.05) is 12.1 Å². The zero-order chi connectivity index (χ0) is 14.7. The number of quaternary nitrogens is 1. The van der Waals surface area contributed by atoms with Gasteiger partial charge in [-0.2, -0.15) is 0 Å². The maximum Gasteiger partial charge on any atom is 0.217 e.